The Kier molecular flexibility index (Phi) is 4.46. The third-order valence-corrected chi connectivity index (χ3v) is 3.18. The molecule has 0 radical (unpaired) electrons. The van der Waals surface area contributed by atoms with Crippen LogP contribution in [0, 0.1) is 5.82 Å². The molecule has 1 N–H and O–H groups in total. The minimum absolute atomic E-state index is 0.0157. The Bertz CT molecular complexity index is 838. The second-order valence-corrected chi connectivity index (χ2v) is 4.91. The van der Waals surface area contributed by atoms with Crippen LogP contribution < -0.4 is 10.1 Å². The molecule has 8 heteroatoms. The number of imidazole rings is 1. The van der Waals surface area contributed by atoms with Crippen LogP contribution in [0.25, 0.3) is 5.82 Å². The molecule has 0 aliphatic carbocycles. The lowest BCUT2D eigenvalue weighted by Crippen LogP contribution is -2.30. The van der Waals surface area contributed by atoms with E-state index in [1.165, 1.54) is 25.4 Å². The van der Waals surface area contributed by atoms with E-state index in [1.54, 1.807) is 41.5 Å². The van der Waals surface area contributed by atoms with E-state index >= 15 is 0 Å². The summed E-state index contributed by atoms with van der Waals surface area (Å²) in [5.41, 5.74) is 0. The fourth-order valence-electron chi connectivity index (χ4n) is 1.96. The smallest absolute Gasteiger partial charge is 0.266 e. The number of anilines is 1. The summed E-state index contributed by atoms with van der Waals surface area (Å²) in [6, 6.07) is 7.49. The molecule has 3 aromatic rings. The van der Waals surface area contributed by atoms with Crippen LogP contribution in [0.15, 0.2) is 55.4 Å². The first-order valence-electron chi connectivity index (χ1n) is 7.16. The van der Waals surface area contributed by atoms with Gasteiger partial charge in [-0.2, -0.15) is 0 Å². The van der Waals surface area contributed by atoms with E-state index in [0.29, 0.717) is 11.6 Å². The van der Waals surface area contributed by atoms with Crippen LogP contribution in [0.4, 0.5) is 10.2 Å². The maximum absolute atomic E-state index is 13.6. The molecular formula is C16H14FN5O2. The fraction of sp³-hybridized carbons (Fsp3) is 0.125. The molecule has 0 saturated carbocycles. The molecule has 2 aromatic heterocycles. The molecule has 1 atom stereocenters. The second kappa shape index (κ2) is 6.86. The third kappa shape index (κ3) is 3.54. The Morgan fingerprint density at radius 1 is 1.33 bits per heavy atom. The zero-order valence-electron chi connectivity index (χ0n) is 12.8. The molecule has 0 bridgehead atoms. The van der Waals surface area contributed by atoms with Gasteiger partial charge in [0.15, 0.2) is 17.7 Å². The number of halogens is 1. The molecule has 0 fully saturated rings. The number of ether oxygens (including phenoxy) is 1. The van der Waals surface area contributed by atoms with Crippen molar-refractivity contribution in [3.63, 3.8) is 0 Å². The lowest BCUT2D eigenvalue weighted by Gasteiger charge is -2.15. The number of aromatic nitrogens is 4. The SMILES string of the molecule is CC(Oc1ccccc1F)C(=O)Nc1cc(-n2ccnc2)ncn1. The van der Waals surface area contributed by atoms with Crippen LogP contribution in [0.2, 0.25) is 0 Å². The van der Waals surface area contributed by atoms with Crippen molar-refractivity contribution < 1.29 is 13.9 Å². The molecule has 1 amide bonds. The number of nitrogens with zero attached hydrogens (tertiary/aromatic N) is 4. The quantitative estimate of drug-likeness (QED) is 0.777. The van der Waals surface area contributed by atoms with Crippen molar-refractivity contribution in [2.24, 2.45) is 0 Å². The zero-order chi connectivity index (χ0) is 16.9. The molecule has 1 aromatic carbocycles. The minimum atomic E-state index is -0.895. The second-order valence-electron chi connectivity index (χ2n) is 4.91. The van der Waals surface area contributed by atoms with Gasteiger partial charge in [0, 0.05) is 18.5 Å². The van der Waals surface area contributed by atoms with Crippen molar-refractivity contribution in [2.45, 2.75) is 13.0 Å². The van der Waals surface area contributed by atoms with Crippen molar-refractivity contribution in [1.29, 1.82) is 0 Å². The van der Waals surface area contributed by atoms with E-state index in [1.807, 2.05) is 0 Å². The van der Waals surface area contributed by atoms with Gasteiger partial charge in [-0.3, -0.25) is 9.36 Å². The van der Waals surface area contributed by atoms with Gasteiger partial charge in [-0.15, -0.1) is 0 Å². The number of para-hydroxylation sites is 1. The Morgan fingerprint density at radius 3 is 2.92 bits per heavy atom. The van der Waals surface area contributed by atoms with Crippen LogP contribution in [0.5, 0.6) is 5.75 Å². The van der Waals surface area contributed by atoms with Gasteiger partial charge in [-0.25, -0.2) is 19.3 Å². The van der Waals surface area contributed by atoms with Gasteiger partial charge >= 0.3 is 0 Å². The van der Waals surface area contributed by atoms with Gasteiger partial charge in [0.2, 0.25) is 0 Å². The van der Waals surface area contributed by atoms with Gasteiger partial charge in [0.25, 0.3) is 5.91 Å². The van der Waals surface area contributed by atoms with Crippen molar-refractivity contribution in [3.05, 3.63) is 61.2 Å². The van der Waals surface area contributed by atoms with Crippen molar-refractivity contribution in [2.75, 3.05) is 5.32 Å². The predicted octanol–water partition coefficient (Wildman–Crippen LogP) is 2.21. The molecular weight excluding hydrogens is 313 g/mol. The largest absolute Gasteiger partial charge is 0.478 e. The summed E-state index contributed by atoms with van der Waals surface area (Å²) in [7, 11) is 0. The number of nitrogens with one attached hydrogen (secondary N) is 1. The lowest BCUT2D eigenvalue weighted by atomic mass is 10.3. The highest BCUT2D eigenvalue weighted by molar-refractivity contribution is 5.93. The maximum atomic E-state index is 13.6. The number of amides is 1. The van der Waals surface area contributed by atoms with Crippen molar-refractivity contribution in [1.82, 2.24) is 19.5 Å². The molecule has 0 saturated heterocycles. The fourth-order valence-corrected chi connectivity index (χ4v) is 1.96. The molecule has 0 aliphatic rings. The van der Waals surface area contributed by atoms with Gasteiger partial charge in [-0.05, 0) is 19.1 Å². The van der Waals surface area contributed by atoms with Crippen LogP contribution in [0.1, 0.15) is 6.92 Å². The summed E-state index contributed by atoms with van der Waals surface area (Å²) in [6.45, 7) is 1.53. The van der Waals surface area contributed by atoms with E-state index in [9.17, 15) is 9.18 Å². The van der Waals surface area contributed by atoms with Gasteiger partial charge in [0.05, 0.1) is 0 Å². The highest BCUT2D eigenvalue weighted by atomic mass is 19.1. The summed E-state index contributed by atoms with van der Waals surface area (Å²) in [5.74, 6) is -0.0970. The van der Waals surface area contributed by atoms with Crippen molar-refractivity contribution in [3.8, 4) is 11.6 Å². The topological polar surface area (TPSA) is 81.9 Å². The van der Waals surface area contributed by atoms with E-state index in [2.05, 4.69) is 20.3 Å². The molecule has 24 heavy (non-hydrogen) atoms. The number of benzene rings is 1. The number of hydrogen-bond acceptors (Lipinski definition) is 5. The summed E-state index contributed by atoms with van der Waals surface area (Å²) in [6.07, 6.45) is 5.35. The standard InChI is InChI=1S/C16H14FN5O2/c1-11(24-13-5-3-2-4-12(13)17)16(23)21-14-8-15(20-9-19-14)22-7-6-18-10-22/h2-11H,1H3,(H,19,20,21,23). The number of hydrogen-bond donors (Lipinski definition) is 1. The van der Waals surface area contributed by atoms with Crippen molar-refractivity contribution >= 4 is 11.7 Å². The summed E-state index contributed by atoms with van der Waals surface area (Å²) in [4.78, 5) is 24.2. The molecule has 7 nitrogen and oxygen atoms in total. The molecule has 0 aliphatic heterocycles. The van der Waals surface area contributed by atoms with Crippen LogP contribution in [-0.2, 0) is 4.79 Å². The summed E-state index contributed by atoms with van der Waals surface area (Å²) >= 11 is 0. The number of carbonyl (C=O) groups excluding carboxylic acids is 1. The lowest BCUT2D eigenvalue weighted by molar-refractivity contribution is -0.122. The highest BCUT2D eigenvalue weighted by Crippen LogP contribution is 2.17. The van der Waals surface area contributed by atoms with Gasteiger partial charge < -0.3 is 10.1 Å². The zero-order valence-corrected chi connectivity index (χ0v) is 12.8. The maximum Gasteiger partial charge on any atom is 0.266 e. The molecule has 122 valence electrons. The molecule has 1 unspecified atom stereocenters. The predicted molar refractivity (Wildman–Crippen MR) is 84.3 cm³/mol. The average molecular weight is 327 g/mol. The Labute approximate surface area is 137 Å². The van der Waals surface area contributed by atoms with E-state index in [0.717, 1.165) is 0 Å². The molecule has 2 heterocycles. The first-order valence-corrected chi connectivity index (χ1v) is 7.16. The summed E-state index contributed by atoms with van der Waals surface area (Å²) in [5, 5.41) is 2.61. The average Bonchev–Trinajstić information content (AvgIpc) is 3.12. The number of rotatable bonds is 5. The Hall–Kier alpha value is -3.29. The molecule has 3 rings (SSSR count). The van der Waals surface area contributed by atoms with Gasteiger partial charge in [-0.1, -0.05) is 12.1 Å². The normalized spacial score (nSPS) is 11.8. The highest BCUT2D eigenvalue weighted by Gasteiger charge is 2.17. The monoisotopic (exact) mass is 327 g/mol. The Morgan fingerprint density at radius 2 is 2.17 bits per heavy atom. The van der Waals surface area contributed by atoms with Crippen LogP contribution in [0.3, 0.4) is 0 Å². The van der Waals surface area contributed by atoms with E-state index in [4.69, 9.17) is 4.74 Å². The first kappa shape index (κ1) is 15.6. The van der Waals surface area contributed by atoms with Gasteiger partial charge in [0.1, 0.15) is 24.3 Å². The summed E-state index contributed by atoms with van der Waals surface area (Å²) < 4.78 is 20.6. The van der Waals surface area contributed by atoms with Crippen LogP contribution in [-0.4, -0.2) is 31.5 Å². The Balaban J connectivity index is 1.68. The minimum Gasteiger partial charge on any atom is -0.478 e. The first-order chi connectivity index (χ1) is 11.6. The number of carbonyl (C=O) groups is 1. The molecule has 0 spiro atoms. The third-order valence-electron chi connectivity index (χ3n) is 3.18. The van der Waals surface area contributed by atoms with E-state index in [-0.39, 0.29) is 5.75 Å². The van der Waals surface area contributed by atoms with E-state index < -0.39 is 17.8 Å². The van der Waals surface area contributed by atoms with Crippen LogP contribution >= 0.6 is 0 Å².